The van der Waals surface area contributed by atoms with Crippen LogP contribution in [-0.4, -0.2) is 44.1 Å². The van der Waals surface area contributed by atoms with Gasteiger partial charge in [-0.1, -0.05) is 6.42 Å². The summed E-state index contributed by atoms with van der Waals surface area (Å²) < 4.78 is 26.9. The molecular formula is C14H22N2O3S. The van der Waals surface area contributed by atoms with Crippen LogP contribution in [0.1, 0.15) is 26.2 Å². The predicted molar refractivity (Wildman–Crippen MR) is 78.2 cm³/mol. The van der Waals surface area contributed by atoms with Gasteiger partial charge in [-0.2, -0.15) is 0 Å². The maximum absolute atomic E-state index is 12.1. The van der Waals surface area contributed by atoms with Crippen LogP contribution >= 0.6 is 0 Å². The summed E-state index contributed by atoms with van der Waals surface area (Å²) in [5, 5.41) is 9.19. The van der Waals surface area contributed by atoms with Gasteiger partial charge >= 0.3 is 0 Å². The van der Waals surface area contributed by atoms with E-state index in [4.69, 9.17) is 0 Å². The first kappa shape index (κ1) is 15.3. The molecule has 1 aromatic carbocycles. The minimum absolute atomic E-state index is 0.0608. The summed E-state index contributed by atoms with van der Waals surface area (Å²) in [6.07, 6.45) is 3.65. The van der Waals surface area contributed by atoms with Gasteiger partial charge in [0.1, 0.15) is 5.75 Å². The van der Waals surface area contributed by atoms with Crippen molar-refractivity contribution in [2.24, 2.45) is 0 Å². The zero-order chi connectivity index (χ0) is 14.6. The van der Waals surface area contributed by atoms with Gasteiger partial charge in [-0.25, -0.2) is 13.1 Å². The molecule has 0 spiro atoms. The van der Waals surface area contributed by atoms with E-state index in [2.05, 4.69) is 9.62 Å². The molecule has 1 aliphatic heterocycles. The molecule has 1 unspecified atom stereocenters. The fourth-order valence-corrected chi connectivity index (χ4v) is 3.55. The molecule has 1 heterocycles. The molecule has 0 bridgehead atoms. The first-order valence-electron chi connectivity index (χ1n) is 7.02. The van der Waals surface area contributed by atoms with Crippen LogP contribution in [0.25, 0.3) is 0 Å². The van der Waals surface area contributed by atoms with E-state index in [9.17, 15) is 13.5 Å². The van der Waals surface area contributed by atoms with Gasteiger partial charge in [-0.05, 0) is 57.1 Å². The average molecular weight is 298 g/mol. The Morgan fingerprint density at radius 2 is 1.80 bits per heavy atom. The molecule has 1 saturated heterocycles. The van der Waals surface area contributed by atoms with Crippen LogP contribution < -0.4 is 4.72 Å². The number of hydrogen-bond acceptors (Lipinski definition) is 4. The molecule has 0 saturated carbocycles. The minimum atomic E-state index is -3.50. The monoisotopic (exact) mass is 298 g/mol. The highest BCUT2D eigenvalue weighted by Crippen LogP contribution is 2.15. The standard InChI is InChI=1S/C14H22N2O3S/c1-12(16-9-3-2-4-10-16)11-15-20(18,19)14-7-5-13(17)6-8-14/h5-8,12,15,17H,2-4,9-11H2,1H3. The Kier molecular flexibility index (Phi) is 5.01. The minimum Gasteiger partial charge on any atom is -0.508 e. The van der Waals surface area contributed by atoms with Crippen molar-refractivity contribution >= 4 is 10.0 Å². The third-order valence-corrected chi connectivity index (χ3v) is 5.17. The van der Waals surface area contributed by atoms with Gasteiger partial charge in [-0.15, -0.1) is 0 Å². The van der Waals surface area contributed by atoms with Crippen LogP contribution in [0.5, 0.6) is 5.75 Å². The Balaban J connectivity index is 1.93. The van der Waals surface area contributed by atoms with Crippen molar-refractivity contribution in [3.63, 3.8) is 0 Å². The molecule has 6 heteroatoms. The summed E-state index contributed by atoms with van der Waals surface area (Å²) in [6, 6.07) is 5.76. The maximum atomic E-state index is 12.1. The van der Waals surface area contributed by atoms with Gasteiger partial charge in [-0.3, -0.25) is 4.90 Å². The van der Waals surface area contributed by atoms with Gasteiger partial charge in [0.2, 0.25) is 10.0 Å². The van der Waals surface area contributed by atoms with E-state index >= 15 is 0 Å². The van der Waals surface area contributed by atoms with Gasteiger partial charge in [0, 0.05) is 12.6 Å². The lowest BCUT2D eigenvalue weighted by molar-refractivity contribution is 0.175. The van der Waals surface area contributed by atoms with Crippen molar-refractivity contribution in [2.45, 2.75) is 37.1 Å². The molecule has 1 aliphatic rings. The normalized spacial score (nSPS) is 18.9. The highest BCUT2D eigenvalue weighted by atomic mass is 32.2. The Labute approximate surface area is 120 Å². The lowest BCUT2D eigenvalue weighted by Crippen LogP contribution is -2.44. The van der Waals surface area contributed by atoms with Crippen molar-refractivity contribution in [2.75, 3.05) is 19.6 Å². The lowest BCUT2D eigenvalue weighted by Gasteiger charge is -2.32. The second kappa shape index (κ2) is 6.56. The van der Waals surface area contributed by atoms with Crippen LogP contribution in [0.2, 0.25) is 0 Å². The quantitative estimate of drug-likeness (QED) is 0.865. The Morgan fingerprint density at radius 3 is 2.40 bits per heavy atom. The van der Waals surface area contributed by atoms with Crippen LogP contribution in [0.4, 0.5) is 0 Å². The number of hydrogen-bond donors (Lipinski definition) is 2. The number of rotatable bonds is 5. The van der Waals surface area contributed by atoms with E-state index in [-0.39, 0.29) is 16.7 Å². The molecule has 1 atom stereocenters. The van der Waals surface area contributed by atoms with Crippen molar-refractivity contribution in [1.82, 2.24) is 9.62 Å². The van der Waals surface area contributed by atoms with Crippen LogP contribution in [0.3, 0.4) is 0 Å². The molecule has 2 N–H and O–H groups in total. The van der Waals surface area contributed by atoms with Crippen LogP contribution in [0, 0.1) is 0 Å². The Hall–Kier alpha value is -1.11. The number of benzene rings is 1. The highest BCUT2D eigenvalue weighted by molar-refractivity contribution is 7.89. The zero-order valence-corrected chi connectivity index (χ0v) is 12.6. The molecule has 112 valence electrons. The third-order valence-electron chi connectivity index (χ3n) is 3.73. The van der Waals surface area contributed by atoms with E-state index in [1.807, 2.05) is 6.92 Å². The van der Waals surface area contributed by atoms with E-state index in [0.717, 1.165) is 13.1 Å². The van der Waals surface area contributed by atoms with E-state index in [0.29, 0.717) is 6.54 Å². The number of phenolic OH excluding ortho intramolecular Hbond substituents is 1. The zero-order valence-electron chi connectivity index (χ0n) is 11.7. The summed E-state index contributed by atoms with van der Waals surface area (Å²) in [6.45, 7) is 4.54. The van der Waals surface area contributed by atoms with Gasteiger partial charge in [0.15, 0.2) is 0 Å². The molecule has 0 aliphatic carbocycles. The van der Waals surface area contributed by atoms with E-state index < -0.39 is 10.0 Å². The number of aromatic hydroxyl groups is 1. The molecule has 0 radical (unpaired) electrons. The molecule has 1 fully saturated rings. The second-order valence-corrected chi connectivity index (χ2v) is 7.06. The molecular weight excluding hydrogens is 276 g/mol. The second-order valence-electron chi connectivity index (χ2n) is 5.29. The summed E-state index contributed by atoms with van der Waals surface area (Å²) in [5.41, 5.74) is 0. The number of piperidine rings is 1. The molecule has 0 aromatic heterocycles. The summed E-state index contributed by atoms with van der Waals surface area (Å²) >= 11 is 0. The molecule has 1 aromatic rings. The molecule has 2 rings (SSSR count). The van der Waals surface area contributed by atoms with Crippen molar-refractivity contribution in [1.29, 1.82) is 0 Å². The lowest BCUT2D eigenvalue weighted by atomic mass is 10.1. The first-order chi connectivity index (χ1) is 9.49. The highest BCUT2D eigenvalue weighted by Gasteiger charge is 2.20. The smallest absolute Gasteiger partial charge is 0.240 e. The number of phenols is 1. The summed E-state index contributed by atoms with van der Waals surface area (Å²) in [5.74, 6) is 0.0608. The SMILES string of the molecule is CC(CNS(=O)(=O)c1ccc(O)cc1)N1CCCCC1. The molecule has 5 nitrogen and oxygen atoms in total. The van der Waals surface area contributed by atoms with E-state index in [1.165, 1.54) is 43.5 Å². The molecule has 0 amide bonds. The van der Waals surface area contributed by atoms with Crippen LogP contribution in [-0.2, 0) is 10.0 Å². The number of nitrogens with one attached hydrogen (secondary N) is 1. The van der Waals surface area contributed by atoms with Crippen molar-refractivity contribution in [3.05, 3.63) is 24.3 Å². The van der Waals surface area contributed by atoms with Crippen molar-refractivity contribution < 1.29 is 13.5 Å². The Bertz CT molecular complexity index is 522. The Morgan fingerprint density at radius 1 is 1.20 bits per heavy atom. The average Bonchev–Trinajstić information content (AvgIpc) is 2.46. The maximum Gasteiger partial charge on any atom is 0.240 e. The summed E-state index contributed by atoms with van der Waals surface area (Å²) in [4.78, 5) is 2.50. The first-order valence-corrected chi connectivity index (χ1v) is 8.50. The van der Waals surface area contributed by atoms with Crippen molar-refractivity contribution in [3.8, 4) is 5.75 Å². The summed E-state index contributed by atoms with van der Waals surface area (Å²) in [7, 11) is -3.50. The van der Waals surface area contributed by atoms with E-state index in [1.54, 1.807) is 0 Å². The number of nitrogens with zero attached hydrogens (tertiary/aromatic N) is 1. The predicted octanol–water partition coefficient (Wildman–Crippen LogP) is 1.54. The number of sulfonamides is 1. The number of likely N-dealkylation sites (tertiary alicyclic amines) is 1. The van der Waals surface area contributed by atoms with Gasteiger partial charge < -0.3 is 5.11 Å². The van der Waals surface area contributed by atoms with Gasteiger partial charge in [0.05, 0.1) is 4.90 Å². The fraction of sp³-hybridized carbons (Fsp3) is 0.571. The van der Waals surface area contributed by atoms with Gasteiger partial charge in [0.25, 0.3) is 0 Å². The topological polar surface area (TPSA) is 69.6 Å². The third kappa shape index (κ3) is 3.94. The largest absolute Gasteiger partial charge is 0.508 e. The van der Waals surface area contributed by atoms with Crippen LogP contribution in [0.15, 0.2) is 29.2 Å². The fourth-order valence-electron chi connectivity index (χ4n) is 2.43. The molecule has 20 heavy (non-hydrogen) atoms.